The molecular formula is C60H54N8. The number of aromatic nitrogens is 4. The van der Waals surface area contributed by atoms with Crippen LogP contribution in [0, 0.1) is 0 Å². The minimum atomic E-state index is -0.306. The summed E-state index contributed by atoms with van der Waals surface area (Å²) < 4.78 is 4.58. The molecule has 0 radical (unpaired) electrons. The van der Waals surface area contributed by atoms with Gasteiger partial charge in [-0.3, -0.25) is 19.1 Å². The third kappa shape index (κ3) is 6.12. The molecule has 0 atom stereocenters. The lowest BCUT2D eigenvalue weighted by Crippen LogP contribution is -2.53. The smallest absolute Gasteiger partial charge is 0.137 e. The normalized spacial score (nSPS) is 17.1. The van der Waals surface area contributed by atoms with Gasteiger partial charge in [0.15, 0.2) is 0 Å². The first-order valence-corrected chi connectivity index (χ1v) is 23.6. The predicted octanol–water partition coefficient (Wildman–Crippen LogP) is 14.0. The minimum absolute atomic E-state index is 0.280. The quantitative estimate of drug-likeness (QED) is 0.160. The molecule has 4 aromatic heterocycles. The highest BCUT2D eigenvalue weighted by Crippen LogP contribution is 2.45. The molecule has 2 aliphatic rings. The van der Waals surface area contributed by atoms with Crippen LogP contribution in [0.4, 0.5) is 11.4 Å². The lowest BCUT2D eigenvalue weighted by atomic mass is 9.83. The molecular weight excluding hydrogens is 833 g/mol. The fourth-order valence-corrected chi connectivity index (χ4v) is 10.5. The molecule has 0 saturated heterocycles. The average Bonchev–Trinajstić information content (AvgIpc) is 3.98. The molecule has 0 amide bonds. The molecule has 0 unspecified atom stereocenters. The van der Waals surface area contributed by atoms with E-state index in [1.165, 1.54) is 21.5 Å². The molecule has 0 fully saturated rings. The first-order chi connectivity index (χ1) is 32.7. The molecule has 0 spiro atoms. The summed E-state index contributed by atoms with van der Waals surface area (Å²) in [5, 5.41) is 4.74. The third-order valence-corrected chi connectivity index (χ3v) is 15.5. The van der Waals surface area contributed by atoms with Crippen LogP contribution in [0.15, 0.2) is 192 Å². The number of amidine groups is 2. The van der Waals surface area contributed by atoms with Gasteiger partial charge in [-0.15, -0.1) is 0 Å². The van der Waals surface area contributed by atoms with E-state index in [-0.39, 0.29) is 22.2 Å². The van der Waals surface area contributed by atoms with Gasteiger partial charge in [-0.1, -0.05) is 109 Å². The molecule has 0 aliphatic carbocycles. The fraction of sp³-hybridized carbons (Fsp3) is 0.200. The molecule has 8 nitrogen and oxygen atoms in total. The number of nitrogens with zero attached hydrogens (tertiary/aromatic N) is 8. The van der Waals surface area contributed by atoms with Crippen molar-refractivity contribution in [1.82, 2.24) is 19.1 Å². The number of pyridine rings is 2. The highest BCUT2D eigenvalue weighted by atomic mass is 15.3. The molecule has 334 valence electrons. The second-order valence-corrected chi connectivity index (χ2v) is 20.4. The standard InChI is InChI=1S/C60H54N8/c1-57(2)59(5,6)67(55(63-57)39-19-11-9-12-20-39)43-29-33-53(61-37-43)65-49-25-17-15-23-45(49)47-35-41(27-31-51(47)65)42-28-32-52-48(36-42)46-24-16-18-26-50(46)66(52)54-34-30-44(38-62-54)68-56(40-21-13-10-14-22-40)64-58(3,4)60(68,7)8/h9-38H,1-8H3. The zero-order valence-corrected chi connectivity index (χ0v) is 39.9. The van der Waals surface area contributed by atoms with Crippen LogP contribution in [0.3, 0.4) is 0 Å². The van der Waals surface area contributed by atoms with Crippen molar-refractivity contribution < 1.29 is 0 Å². The van der Waals surface area contributed by atoms with Crippen LogP contribution >= 0.6 is 0 Å². The van der Waals surface area contributed by atoms with E-state index in [0.717, 1.165) is 79.0 Å². The van der Waals surface area contributed by atoms with E-state index < -0.39 is 0 Å². The van der Waals surface area contributed by atoms with Crippen LogP contribution in [0.2, 0.25) is 0 Å². The van der Waals surface area contributed by atoms with Crippen molar-refractivity contribution in [3.63, 3.8) is 0 Å². The van der Waals surface area contributed by atoms with Crippen molar-refractivity contribution >= 4 is 66.7 Å². The summed E-state index contributed by atoms with van der Waals surface area (Å²) in [5.41, 5.74) is 9.82. The molecule has 12 rings (SSSR count). The summed E-state index contributed by atoms with van der Waals surface area (Å²) in [7, 11) is 0. The van der Waals surface area contributed by atoms with Gasteiger partial charge in [0.2, 0.25) is 0 Å². The Balaban J connectivity index is 0.907. The molecule has 0 N–H and O–H groups in total. The van der Waals surface area contributed by atoms with E-state index in [1.54, 1.807) is 0 Å². The predicted molar refractivity (Wildman–Crippen MR) is 283 cm³/mol. The monoisotopic (exact) mass is 886 g/mol. The van der Waals surface area contributed by atoms with Crippen molar-refractivity contribution in [2.45, 2.75) is 77.5 Å². The van der Waals surface area contributed by atoms with Crippen LogP contribution in [0.1, 0.15) is 66.5 Å². The number of hydrogen-bond acceptors (Lipinski definition) is 6. The molecule has 10 aromatic rings. The topological polar surface area (TPSA) is 66.8 Å². The molecule has 6 aromatic carbocycles. The van der Waals surface area contributed by atoms with Gasteiger partial charge in [-0.2, -0.15) is 0 Å². The van der Waals surface area contributed by atoms with Crippen molar-refractivity contribution in [2.24, 2.45) is 9.98 Å². The fourth-order valence-electron chi connectivity index (χ4n) is 10.5. The Morgan fingerprint density at radius 1 is 0.338 bits per heavy atom. The Morgan fingerprint density at radius 3 is 1.09 bits per heavy atom. The molecule has 68 heavy (non-hydrogen) atoms. The van der Waals surface area contributed by atoms with E-state index in [1.807, 2.05) is 12.4 Å². The van der Waals surface area contributed by atoms with Crippen molar-refractivity contribution in [3.8, 4) is 22.8 Å². The Morgan fingerprint density at radius 2 is 0.706 bits per heavy atom. The number of para-hydroxylation sites is 2. The maximum Gasteiger partial charge on any atom is 0.137 e. The summed E-state index contributed by atoms with van der Waals surface area (Å²) >= 11 is 0. The van der Waals surface area contributed by atoms with Gasteiger partial charge < -0.3 is 9.80 Å². The Hall–Kier alpha value is -7.84. The largest absolute Gasteiger partial charge is 0.317 e. The number of rotatable bonds is 7. The van der Waals surface area contributed by atoms with Gasteiger partial charge in [0.05, 0.1) is 68.0 Å². The second kappa shape index (κ2) is 14.8. The van der Waals surface area contributed by atoms with Crippen LogP contribution in [-0.4, -0.2) is 52.9 Å². The second-order valence-electron chi connectivity index (χ2n) is 20.4. The Bertz CT molecular complexity index is 3420. The first-order valence-electron chi connectivity index (χ1n) is 23.6. The van der Waals surface area contributed by atoms with Gasteiger partial charge in [0.1, 0.15) is 23.3 Å². The number of aliphatic imine (C=N–C) groups is 2. The molecule has 8 heteroatoms. The van der Waals surface area contributed by atoms with Crippen LogP contribution in [-0.2, 0) is 0 Å². The summed E-state index contributed by atoms with van der Waals surface area (Å²) in [6.07, 6.45) is 4.01. The summed E-state index contributed by atoms with van der Waals surface area (Å²) in [5.74, 6) is 3.67. The lowest BCUT2D eigenvalue weighted by molar-refractivity contribution is 0.338. The van der Waals surface area contributed by atoms with E-state index in [0.29, 0.717) is 0 Å². The molecule has 0 bridgehead atoms. The van der Waals surface area contributed by atoms with E-state index >= 15 is 0 Å². The minimum Gasteiger partial charge on any atom is -0.317 e. The van der Waals surface area contributed by atoms with Gasteiger partial charge in [0, 0.05) is 32.7 Å². The number of anilines is 2. The number of benzene rings is 6. The highest BCUT2D eigenvalue weighted by molar-refractivity contribution is 6.15. The van der Waals surface area contributed by atoms with Crippen molar-refractivity contribution in [2.75, 3.05) is 9.80 Å². The van der Waals surface area contributed by atoms with Crippen LogP contribution < -0.4 is 9.80 Å². The van der Waals surface area contributed by atoms with Crippen LogP contribution in [0.25, 0.3) is 66.4 Å². The van der Waals surface area contributed by atoms with E-state index in [9.17, 15) is 0 Å². The lowest BCUT2D eigenvalue weighted by Gasteiger charge is -2.41. The summed E-state index contributed by atoms with van der Waals surface area (Å²) in [6, 6.07) is 60.6. The van der Waals surface area contributed by atoms with Gasteiger partial charge in [-0.05, 0) is 127 Å². The third-order valence-electron chi connectivity index (χ3n) is 15.5. The Labute approximate surface area is 397 Å². The van der Waals surface area contributed by atoms with E-state index in [4.69, 9.17) is 20.0 Å². The number of fused-ring (bicyclic) bond motifs is 6. The van der Waals surface area contributed by atoms with Gasteiger partial charge >= 0.3 is 0 Å². The Kier molecular flexibility index (Phi) is 9.07. The molecule has 2 aliphatic heterocycles. The number of hydrogen-bond donors (Lipinski definition) is 0. The maximum absolute atomic E-state index is 5.27. The average molecular weight is 887 g/mol. The van der Waals surface area contributed by atoms with Crippen molar-refractivity contribution in [3.05, 3.63) is 193 Å². The summed E-state index contributed by atoms with van der Waals surface area (Å²) in [4.78, 5) is 25.6. The van der Waals surface area contributed by atoms with Gasteiger partial charge in [-0.25, -0.2) is 9.97 Å². The van der Waals surface area contributed by atoms with Crippen LogP contribution in [0.5, 0.6) is 0 Å². The zero-order chi connectivity index (χ0) is 46.7. The van der Waals surface area contributed by atoms with Crippen molar-refractivity contribution in [1.29, 1.82) is 0 Å². The van der Waals surface area contributed by atoms with E-state index in [2.05, 4.69) is 244 Å². The first kappa shape index (κ1) is 41.6. The molecule has 0 saturated carbocycles. The highest BCUT2D eigenvalue weighted by Gasteiger charge is 2.51. The summed E-state index contributed by atoms with van der Waals surface area (Å²) in [6.45, 7) is 17.9. The molecule has 6 heterocycles. The van der Waals surface area contributed by atoms with Gasteiger partial charge in [0.25, 0.3) is 0 Å². The maximum atomic E-state index is 5.27. The zero-order valence-electron chi connectivity index (χ0n) is 39.9. The SMILES string of the molecule is CC1(C)N=C(c2ccccc2)N(c2ccc(-n3c4ccccc4c4cc(-c5ccc6c(c5)c5ccccc5n6-c5ccc(N6C(c7ccccc7)=NC(C)(C)C6(C)C)cn5)ccc43)nc2)C1(C)C.